The van der Waals surface area contributed by atoms with Gasteiger partial charge in [0.1, 0.15) is 16.5 Å². The average Bonchev–Trinajstić information content (AvgIpc) is 2.92. The molecule has 0 aliphatic carbocycles. The summed E-state index contributed by atoms with van der Waals surface area (Å²) in [5.41, 5.74) is 5.97. The highest BCUT2D eigenvalue weighted by atomic mass is 32.2. The van der Waals surface area contributed by atoms with Gasteiger partial charge >= 0.3 is 0 Å². The maximum Gasteiger partial charge on any atom is 0.151 e. The van der Waals surface area contributed by atoms with Gasteiger partial charge in [0.05, 0.1) is 16.9 Å². The molecule has 19 heavy (non-hydrogen) atoms. The molecule has 1 unspecified atom stereocenters. The first-order valence-electron chi connectivity index (χ1n) is 6.25. The standard InChI is InChI=1S/C12H15N3O2S2/c1-2-8-5-9-10(13)14-11(15-12(9)18-8)7-3-4-19(16,17)6-7/h5,7H,2-4,6H2,1H3,(H2,13,14,15). The molecule has 0 radical (unpaired) electrons. The molecule has 5 nitrogen and oxygen atoms in total. The van der Waals surface area contributed by atoms with E-state index in [1.807, 2.05) is 6.07 Å². The fourth-order valence-electron chi connectivity index (χ4n) is 2.37. The number of hydrogen-bond acceptors (Lipinski definition) is 6. The van der Waals surface area contributed by atoms with Crippen molar-refractivity contribution in [3.8, 4) is 0 Å². The molecule has 2 aromatic rings. The normalized spacial score (nSPS) is 22.1. The fraction of sp³-hybridized carbons (Fsp3) is 0.500. The lowest BCUT2D eigenvalue weighted by Gasteiger charge is -2.07. The van der Waals surface area contributed by atoms with E-state index >= 15 is 0 Å². The number of sulfone groups is 1. The Morgan fingerprint density at radius 3 is 2.89 bits per heavy atom. The van der Waals surface area contributed by atoms with Crippen LogP contribution in [0.25, 0.3) is 10.2 Å². The Bertz CT molecular complexity index is 737. The number of anilines is 1. The van der Waals surface area contributed by atoms with Crippen LogP contribution >= 0.6 is 11.3 Å². The van der Waals surface area contributed by atoms with Crippen LogP contribution in [0.2, 0.25) is 0 Å². The van der Waals surface area contributed by atoms with Crippen molar-refractivity contribution in [1.82, 2.24) is 9.97 Å². The van der Waals surface area contributed by atoms with Gasteiger partial charge in [-0.15, -0.1) is 11.3 Å². The van der Waals surface area contributed by atoms with Gasteiger partial charge in [-0.25, -0.2) is 18.4 Å². The van der Waals surface area contributed by atoms with Crippen molar-refractivity contribution in [1.29, 1.82) is 0 Å². The first-order valence-corrected chi connectivity index (χ1v) is 8.88. The molecule has 102 valence electrons. The molecule has 1 fully saturated rings. The summed E-state index contributed by atoms with van der Waals surface area (Å²) in [4.78, 5) is 10.9. The van der Waals surface area contributed by atoms with E-state index in [4.69, 9.17) is 5.73 Å². The summed E-state index contributed by atoms with van der Waals surface area (Å²) in [5, 5.41) is 0.881. The fourth-order valence-corrected chi connectivity index (χ4v) is 5.09. The van der Waals surface area contributed by atoms with Gasteiger partial charge in [-0.05, 0) is 18.9 Å². The zero-order valence-electron chi connectivity index (χ0n) is 10.6. The number of nitrogens with two attached hydrogens (primary N) is 1. The lowest BCUT2D eigenvalue weighted by molar-refractivity contribution is 0.601. The molecule has 1 aliphatic heterocycles. The number of hydrogen-bond donors (Lipinski definition) is 1. The molecule has 0 bridgehead atoms. The SMILES string of the molecule is CCc1cc2c(N)nc(C3CCS(=O)(=O)C3)nc2s1. The molecule has 7 heteroatoms. The van der Waals surface area contributed by atoms with Crippen LogP contribution in [0.4, 0.5) is 5.82 Å². The van der Waals surface area contributed by atoms with Crippen molar-refractivity contribution < 1.29 is 8.42 Å². The van der Waals surface area contributed by atoms with Crippen molar-refractivity contribution in [2.24, 2.45) is 0 Å². The molecular formula is C12H15N3O2S2. The Labute approximate surface area is 115 Å². The van der Waals surface area contributed by atoms with Crippen LogP contribution in [0, 0.1) is 0 Å². The second-order valence-electron chi connectivity index (χ2n) is 4.85. The maximum absolute atomic E-state index is 11.5. The van der Waals surface area contributed by atoms with Crippen LogP contribution in [0.5, 0.6) is 0 Å². The van der Waals surface area contributed by atoms with Crippen LogP contribution in [0.15, 0.2) is 6.07 Å². The predicted octanol–water partition coefficient (Wildman–Crippen LogP) is 1.74. The van der Waals surface area contributed by atoms with E-state index in [1.165, 1.54) is 4.88 Å². The molecule has 2 aromatic heterocycles. The van der Waals surface area contributed by atoms with Gasteiger partial charge < -0.3 is 5.73 Å². The van der Waals surface area contributed by atoms with Gasteiger partial charge in [-0.3, -0.25) is 0 Å². The lowest BCUT2D eigenvalue weighted by atomic mass is 10.1. The Kier molecular flexibility index (Phi) is 2.98. The molecule has 3 heterocycles. The average molecular weight is 297 g/mol. The minimum atomic E-state index is -2.93. The van der Waals surface area contributed by atoms with E-state index in [0.717, 1.165) is 16.6 Å². The lowest BCUT2D eigenvalue weighted by Crippen LogP contribution is -2.08. The number of nitrogens with zero attached hydrogens (tertiary/aromatic N) is 2. The number of nitrogen functional groups attached to an aromatic ring is 1. The summed E-state index contributed by atoms with van der Waals surface area (Å²) in [6.07, 6.45) is 1.53. The van der Waals surface area contributed by atoms with Crippen molar-refractivity contribution >= 4 is 37.2 Å². The third-order valence-corrected chi connectivity index (χ3v) is 6.38. The molecular weight excluding hydrogens is 282 g/mol. The zero-order valence-corrected chi connectivity index (χ0v) is 12.2. The van der Waals surface area contributed by atoms with Crippen molar-refractivity contribution in [2.75, 3.05) is 17.2 Å². The molecule has 1 atom stereocenters. The topological polar surface area (TPSA) is 85.9 Å². The number of rotatable bonds is 2. The van der Waals surface area contributed by atoms with Crippen LogP contribution in [0.1, 0.15) is 30.0 Å². The monoisotopic (exact) mass is 297 g/mol. The Balaban J connectivity index is 2.06. The van der Waals surface area contributed by atoms with Gasteiger partial charge in [0.15, 0.2) is 9.84 Å². The summed E-state index contributed by atoms with van der Waals surface area (Å²) in [7, 11) is -2.93. The number of thiophene rings is 1. The summed E-state index contributed by atoms with van der Waals surface area (Å²) < 4.78 is 23.1. The largest absolute Gasteiger partial charge is 0.383 e. The number of aromatic nitrogens is 2. The van der Waals surface area contributed by atoms with E-state index in [1.54, 1.807) is 11.3 Å². The van der Waals surface area contributed by atoms with Crippen LogP contribution in [0.3, 0.4) is 0 Å². The van der Waals surface area contributed by atoms with Crippen LogP contribution in [-0.4, -0.2) is 29.9 Å². The molecule has 0 aromatic carbocycles. The van der Waals surface area contributed by atoms with Gasteiger partial charge in [-0.1, -0.05) is 6.92 Å². The highest BCUT2D eigenvalue weighted by molar-refractivity contribution is 7.91. The first-order chi connectivity index (χ1) is 8.98. The molecule has 1 aliphatic rings. The molecule has 0 amide bonds. The van der Waals surface area contributed by atoms with Gasteiger partial charge in [0, 0.05) is 10.8 Å². The summed E-state index contributed by atoms with van der Waals surface area (Å²) in [5.74, 6) is 1.30. The molecule has 0 saturated carbocycles. The van der Waals surface area contributed by atoms with E-state index in [-0.39, 0.29) is 17.4 Å². The van der Waals surface area contributed by atoms with Crippen molar-refractivity contribution in [3.63, 3.8) is 0 Å². The Morgan fingerprint density at radius 1 is 1.47 bits per heavy atom. The van der Waals surface area contributed by atoms with Crippen molar-refractivity contribution in [2.45, 2.75) is 25.7 Å². The van der Waals surface area contributed by atoms with Gasteiger partial charge in [-0.2, -0.15) is 0 Å². The second kappa shape index (κ2) is 4.42. The highest BCUT2D eigenvalue weighted by Crippen LogP contribution is 2.32. The maximum atomic E-state index is 11.5. The zero-order chi connectivity index (χ0) is 13.6. The van der Waals surface area contributed by atoms with E-state index in [2.05, 4.69) is 16.9 Å². The third-order valence-electron chi connectivity index (χ3n) is 3.44. The minimum absolute atomic E-state index is 0.108. The Hall–Kier alpha value is -1.21. The van der Waals surface area contributed by atoms with E-state index in [0.29, 0.717) is 18.1 Å². The van der Waals surface area contributed by atoms with Crippen molar-refractivity contribution in [3.05, 3.63) is 16.8 Å². The number of fused-ring (bicyclic) bond motifs is 1. The Morgan fingerprint density at radius 2 is 2.26 bits per heavy atom. The smallest absolute Gasteiger partial charge is 0.151 e. The first kappa shape index (κ1) is 12.8. The summed E-state index contributed by atoms with van der Waals surface area (Å²) in [6, 6.07) is 2.02. The van der Waals surface area contributed by atoms with Gasteiger partial charge in [0.25, 0.3) is 0 Å². The second-order valence-corrected chi connectivity index (χ2v) is 8.20. The van der Waals surface area contributed by atoms with E-state index < -0.39 is 9.84 Å². The summed E-state index contributed by atoms with van der Waals surface area (Å²) >= 11 is 1.60. The predicted molar refractivity (Wildman–Crippen MR) is 77.2 cm³/mol. The van der Waals surface area contributed by atoms with Crippen LogP contribution in [-0.2, 0) is 16.3 Å². The third kappa shape index (κ3) is 2.32. The quantitative estimate of drug-likeness (QED) is 0.912. The number of aryl methyl sites for hydroxylation is 1. The molecule has 3 rings (SSSR count). The summed E-state index contributed by atoms with van der Waals surface area (Å²) in [6.45, 7) is 2.08. The molecule has 1 saturated heterocycles. The molecule has 2 N–H and O–H groups in total. The van der Waals surface area contributed by atoms with Gasteiger partial charge in [0.2, 0.25) is 0 Å². The van der Waals surface area contributed by atoms with E-state index in [9.17, 15) is 8.42 Å². The minimum Gasteiger partial charge on any atom is -0.383 e. The van der Waals surface area contributed by atoms with Crippen LogP contribution < -0.4 is 5.73 Å². The molecule has 0 spiro atoms. The highest BCUT2D eigenvalue weighted by Gasteiger charge is 2.31.